The summed E-state index contributed by atoms with van der Waals surface area (Å²) in [5.74, 6) is 0.722. The lowest BCUT2D eigenvalue weighted by Crippen LogP contribution is -2.38. The molecule has 0 bridgehead atoms. The first-order valence-electron chi connectivity index (χ1n) is 6.52. The normalized spacial score (nSPS) is 10.9. The molecule has 0 fully saturated rings. The van der Waals surface area contributed by atoms with Crippen LogP contribution in [-0.4, -0.2) is 46.5 Å². The molecule has 2 N–H and O–H groups in total. The number of hydrogen-bond donors (Lipinski definition) is 2. The second-order valence-electron chi connectivity index (χ2n) is 4.05. The van der Waals surface area contributed by atoms with Crippen LogP contribution in [0.15, 0.2) is 29.3 Å². The molecule has 0 aliphatic rings. The van der Waals surface area contributed by atoms with Crippen molar-refractivity contribution < 1.29 is 9.47 Å². The Hall–Kier alpha value is -0.570. The van der Waals surface area contributed by atoms with Crippen LogP contribution in [-0.2, 0) is 16.0 Å². The van der Waals surface area contributed by atoms with E-state index >= 15 is 0 Å². The highest BCUT2D eigenvalue weighted by atomic mass is 127. The predicted octanol–water partition coefficient (Wildman–Crippen LogP) is 2.29. The first kappa shape index (κ1) is 20.4. The second kappa shape index (κ2) is 13.1. The number of guanidine groups is 1. The highest BCUT2D eigenvalue weighted by Gasteiger charge is 2.01. The van der Waals surface area contributed by atoms with Crippen LogP contribution in [0, 0.1) is 0 Å². The Labute approximate surface area is 148 Å². The minimum absolute atomic E-state index is 0. The summed E-state index contributed by atoms with van der Waals surface area (Å²) in [5.41, 5.74) is 1.04. The van der Waals surface area contributed by atoms with Crippen molar-refractivity contribution in [1.29, 1.82) is 0 Å². The maximum absolute atomic E-state index is 6.09. The van der Waals surface area contributed by atoms with Crippen LogP contribution in [0.1, 0.15) is 5.56 Å². The molecule has 1 rings (SSSR count). The lowest BCUT2D eigenvalue weighted by atomic mass is 10.2. The molecule has 120 valence electrons. The molecule has 0 saturated heterocycles. The summed E-state index contributed by atoms with van der Waals surface area (Å²) in [7, 11) is 3.38. The minimum atomic E-state index is 0. The molecule has 1 aromatic rings. The van der Waals surface area contributed by atoms with E-state index in [9.17, 15) is 0 Å². The third kappa shape index (κ3) is 9.13. The van der Waals surface area contributed by atoms with Crippen LogP contribution in [0.25, 0.3) is 0 Å². The smallest absolute Gasteiger partial charge is 0.191 e. The maximum Gasteiger partial charge on any atom is 0.191 e. The van der Waals surface area contributed by atoms with Crippen molar-refractivity contribution in [3.63, 3.8) is 0 Å². The van der Waals surface area contributed by atoms with Crippen LogP contribution in [0.4, 0.5) is 0 Å². The Morgan fingerprint density at radius 3 is 2.62 bits per heavy atom. The number of hydrogen-bond acceptors (Lipinski definition) is 3. The molecule has 0 aliphatic heterocycles. The molecule has 0 amide bonds. The van der Waals surface area contributed by atoms with Gasteiger partial charge in [-0.3, -0.25) is 4.99 Å². The molecule has 5 nitrogen and oxygen atoms in total. The number of halogens is 2. The van der Waals surface area contributed by atoms with E-state index < -0.39 is 0 Å². The van der Waals surface area contributed by atoms with Gasteiger partial charge in [-0.2, -0.15) is 0 Å². The van der Waals surface area contributed by atoms with Crippen molar-refractivity contribution in [3.05, 3.63) is 34.9 Å². The van der Waals surface area contributed by atoms with Crippen molar-refractivity contribution in [2.24, 2.45) is 4.99 Å². The fourth-order valence-corrected chi connectivity index (χ4v) is 1.73. The van der Waals surface area contributed by atoms with E-state index in [1.807, 2.05) is 24.3 Å². The van der Waals surface area contributed by atoms with Gasteiger partial charge in [-0.1, -0.05) is 29.8 Å². The molecule has 0 atom stereocenters. The lowest BCUT2D eigenvalue weighted by Gasteiger charge is -2.12. The average molecular weight is 428 g/mol. The zero-order valence-electron chi connectivity index (χ0n) is 12.4. The number of benzene rings is 1. The third-order valence-corrected chi connectivity index (χ3v) is 2.97. The zero-order valence-corrected chi connectivity index (χ0v) is 15.5. The van der Waals surface area contributed by atoms with Crippen molar-refractivity contribution in [1.82, 2.24) is 10.6 Å². The molecule has 1 aromatic carbocycles. The van der Waals surface area contributed by atoms with E-state index in [4.69, 9.17) is 21.1 Å². The summed E-state index contributed by atoms with van der Waals surface area (Å²) in [5, 5.41) is 7.12. The Balaban J connectivity index is 0.00000400. The van der Waals surface area contributed by atoms with Crippen molar-refractivity contribution in [2.75, 3.05) is 40.5 Å². The fourth-order valence-electron chi connectivity index (χ4n) is 1.53. The largest absolute Gasteiger partial charge is 0.382 e. The van der Waals surface area contributed by atoms with Gasteiger partial charge in [0.1, 0.15) is 0 Å². The molecule has 0 saturated carbocycles. The maximum atomic E-state index is 6.09. The SMILES string of the molecule is CN=C(NCCOCCOC)NCc1ccccc1Cl.I. The van der Waals surface area contributed by atoms with E-state index in [2.05, 4.69) is 15.6 Å². The number of nitrogens with zero attached hydrogens (tertiary/aromatic N) is 1. The summed E-state index contributed by atoms with van der Waals surface area (Å²) in [6, 6.07) is 7.73. The monoisotopic (exact) mass is 427 g/mol. The Morgan fingerprint density at radius 1 is 1.19 bits per heavy atom. The van der Waals surface area contributed by atoms with Crippen LogP contribution < -0.4 is 10.6 Å². The van der Waals surface area contributed by atoms with Gasteiger partial charge in [-0.15, -0.1) is 24.0 Å². The van der Waals surface area contributed by atoms with E-state index in [1.54, 1.807) is 14.2 Å². The van der Waals surface area contributed by atoms with Gasteiger partial charge in [0.2, 0.25) is 0 Å². The fraction of sp³-hybridized carbons (Fsp3) is 0.500. The van der Waals surface area contributed by atoms with E-state index in [0.29, 0.717) is 32.9 Å². The summed E-state index contributed by atoms with van der Waals surface area (Å²) in [4.78, 5) is 4.14. The summed E-state index contributed by atoms with van der Waals surface area (Å²) in [6.45, 7) is 3.13. The second-order valence-corrected chi connectivity index (χ2v) is 4.46. The minimum Gasteiger partial charge on any atom is -0.382 e. The summed E-state index contributed by atoms with van der Waals surface area (Å²) in [6.07, 6.45) is 0. The highest BCUT2D eigenvalue weighted by Crippen LogP contribution is 2.13. The van der Waals surface area contributed by atoms with Gasteiger partial charge in [0, 0.05) is 32.3 Å². The quantitative estimate of drug-likeness (QED) is 0.289. The molecule has 0 unspecified atom stereocenters. The number of ether oxygens (including phenoxy) is 2. The van der Waals surface area contributed by atoms with Gasteiger partial charge in [-0.25, -0.2) is 0 Å². The Morgan fingerprint density at radius 2 is 1.95 bits per heavy atom. The molecular weight excluding hydrogens is 405 g/mol. The lowest BCUT2D eigenvalue weighted by molar-refractivity contribution is 0.0733. The van der Waals surface area contributed by atoms with Crippen LogP contribution in [0.2, 0.25) is 5.02 Å². The van der Waals surface area contributed by atoms with Gasteiger partial charge in [0.05, 0.1) is 19.8 Å². The molecular formula is C14H23ClIN3O2. The van der Waals surface area contributed by atoms with E-state index in [1.165, 1.54) is 0 Å². The first-order valence-corrected chi connectivity index (χ1v) is 6.90. The standard InChI is InChI=1S/C14H22ClN3O2.HI/c1-16-14(17-7-8-20-10-9-19-2)18-11-12-5-3-4-6-13(12)15;/h3-6H,7-11H2,1-2H3,(H2,16,17,18);1H. The van der Waals surface area contributed by atoms with Crippen LogP contribution in [0.3, 0.4) is 0 Å². The number of methoxy groups -OCH3 is 1. The highest BCUT2D eigenvalue weighted by molar-refractivity contribution is 14.0. The van der Waals surface area contributed by atoms with Gasteiger partial charge in [0.25, 0.3) is 0 Å². The molecule has 7 heteroatoms. The number of aliphatic imine (C=N–C) groups is 1. The molecule has 0 heterocycles. The molecule has 0 aromatic heterocycles. The van der Waals surface area contributed by atoms with Gasteiger partial charge in [-0.05, 0) is 11.6 Å². The van der Waals surface area contributed by atoms with Gasteiger partial charge < -0.3 is 20.1 Å². The van der Waals surface area contributed by atoms with Gasteiger partial charge in [0.15, 0.2) is 5.96 Å². The van der Waals surface area contributed by atoms with Crippen molar-refractivity contribution in [2.45, 2.75) is 6.54 Å². The number of rotatable bonds is 8. The van der Waals surface area contributed by atoms with Crippen LogP contribution >= 0.6 is 35.6 Å². The summed E-state index contributed by atoms with van der Waals surface area (Å²) >= 11 is 6.09. The molecule has 0 aliphatic carbocycles. The predicted molar refractivity (Wildman–Crippen MR) is 97.8 cm³/mol. The van der Waals surface area contributed by atoms with Crippen molar-refractivity contribution >= 4 is 41.5 Å². The summed E-state index contributed by atoms with van der Waals surface area (Å²) < 4.78 is 10.3. The molecule has 0 spiro atoms. The zero-order chi connectivity index (χ0) is 14.6. The molecule has 21 heavy (non-hydrogen) atoms. The van der Waals surface area contributed by atoms with E-state index in [0.717, 1.165) is 16.5 Å². The Kier molecular flexibility index (Phi) is 12.8. The topological polar surface area (TPSA) is 54.9 Å². The molecule has 0 radical (unpaired) electrons. The Bertz CT molecular complexity index is 419. The van der Waals surface area contributed by atoms with E-state index in [-0.39, 0.29) is 24.0 Å². The van der Waals surface area contributed by atoms with Crippen molar-refractivity contribution in [3.8, 4) is 0 Å². The van der Waals surface area contributed by atoms with Gasteiger partial charge >= 0.3 is 0 Å². The number of nitrogens with one attached hydrogen (secondary N) is 2. The van der Waals surface area contributed by atoms with Crippen LogP contribution in [0.5, 0.6) is 0 Å². The average Bonchev–Trinajstić information content (AvgIpc) is 2.47. The first-order chi connectivity index (χ1) is 9.77. The third-order valence-electron chi connectivity index (χ3n) is 2.60.